The van der Waals surface area contributed by atoms with E-state index in [-0.39, 0.29) is 5.91 Å². The van der Waals surface area contributed by atoms with E-state index in [0.717, 1.165) is 11.1 Å². The van der Waals surface area contributed by atoms with Gasteiger partial charge in [-0.2, -0.15) is 0 Å². The second kappa shape index (κ2) is 8.10. The van der Waals surface area contributed by atoms with E-state index in [1.165, 1.54) is 6.92 Å². The number of carbonyl (C=O) groups excluding carboxylic acids is 3. The average molecular weight is 340 g/mol. The van der Waals surface area contributed by atoms with Gasteiger partial charge < -0.3 is 15.4 Å². The van der Waals surface area contributed by atoms with E-state index in [4.69, 9.17) is 4.74 Å². The molecule has 2 amide bonds. The number of benzene rings is 2. The summed E-state index contributed by atoms with van der Waals surface area (Å²) in [6.45, 7) is 4.86. The standard InChI is InChI=1S/C19H20N2O4/c1-12-7-8-15(9-13(12)2)19(24)25-11-18(23)21-17-6-4-5-16(10-17)20-14(3)22/h4-10H,11H2,1-3H3,(H,20,22)(H,21,23). The molecular formula is C19H20N2O4. The normalized spacial score (nSPS) is 10.0. The van der Waals surface area contributed by atoms with Crippen LogP contribution in [0.4, 0.5) is 11.4 Å². The van der Waals surface area contributed by atoms with E-state index < -0.39 is 18.5 Å². The summed E-state index contributed by atoms with van der Waals surface area (Å²) in [6, 6.07) is 11.9. The second-order valence-electron chi connectivity index (χ2n) is 5.69. The van der Waals surface area contributed by atoms with Crippen LogP contribution in [-0.2, 0) is 14.3 Å². The van der Waals surface area contributed by atoms with Crippen molar-refractivity contribution >= 4 is 29.2 Å². The van der Waals surface area contributed by atoms with E-state index >= 15 is 0 Å². The Morgan fingerprint density at radius 3 is 2.24 bits per heavy atom. The van der Waals surface area contributed by atoms with Crippen LogP contribution in [0.15, 0.2) is 42.5 Å². The second-order valence-corrected chi connectivity index (χ2v) is 5.69. The van der Waals surface area contributed by atoms with Gasteiger partial charge in [0.25, 0.3) is 5.91 Å². The zero-order chi connectivity index (χ0) is 18.4. The lowest BCUT2D eigenvalue weighted by Crippen LogP contribution is -2.21. The van der Waals surface area contributed by atoms with Crippen molar-refractivity contribution in [3.63, 3.8) is 0 Å². The van der Waals surface area contributed by atoms with Gasteiger partial charge in [0, 0.05) is 18.3 Å². The number of nitrogens with one attached hydrogen (secondary N) is 2. The monoisotopic (exact) mass is 340 g/mol. The lowest BCUT2D eigenvalue weighted by Gasteiger charge is -2.09. The molecule has 0 fully saturated rings. The van der Waals surface area contributed by atoms with Gasteiger partial charge in [-0.1, -0.05) is 12.1 Å². The van der Waals surface area contributed by atoms with E-state index in [0.29, 0.717) is 16.9 Å². The number of carbonyl (C=O) groups is 3. The van der Waals surface area contributed by atoms with Gasteiger partial charge in [0.1, 0.15) is 0 Å². The smallest absolute Gasteiger partial charge is 0.338 e. The molecule has 2 aromatic carbocycles. The highest BCUT2D eigenvalue weighted by atomic mass is 16.5. The molecule has 2 N–H and O–H groups in total. The third-order valence-electron chi connectivity index (χ3n) is 3.54. The average Bonchev–Trinajstić information content (AvgIpc) is 2.55. The lowest BCUT2D eigenvalue weighted by atomic mass is 10.1. The number of anilines is 2. The van der Waals surface area contributed by atoms with Gasteiger partial charge in [0.2, 0.25) is 5.91 Å². The first kappa shape index (κ1) is 18.2. The van der Waals surface area contributed by atoms with E-state index in [1.54, 1.807) is 36.4 Å². The number of esters is 1. The molecule has 0 saturated heterocycles. The van der Waals surface area contributed by atoms with Crippen LogP contribution < -0.4 is 10.6 Å². The Hall–Kier alpha value is -3.15. The molecular weight excluding hydrogens is 320 g/mol. The minimum atomic E-state index is -0.551. The molecule has 0 aliphatic heterocycles. The summed E-state index contributed by atoms with van der Waals surface area (Å²) in [5.41, 5.74) is 3.53. The predicted molar refractivity (Wildman–Crippen MR) is 95.6 cm³/mol. The summed E-state index contributed by atoms with van der Waals surface area (Å²) in [6.07, 6.45) is 0. The van der Waals surface area contributed by atoms with Crippen LogP contribution in [0.1, 0.15) is 28.4 Å². The molecule has 0 aliphatic carbocycles. The van der Waals surface area contributed by atoms with Crippen LogP contribution in [0, 0.1) is 13.8 Å². The first-order valence-corrected chi connectivity index (χ1v) is 7.77. The lowest BCUT2D eigenvalue weighted by molar-refractivity contribution is -0.119. The summed E-state index contributed by atoms with van der Waals surface area (Å²) in [5, 5.41) is 5.24. The number of aryl methyl sites for hydroxylation is 2. The Labute approximate surface area is 146 Å². The fourth-order valence-electron chi connectivity index (χ4n) is 2.16. The van der Waals surface area contributed by atoms with Gasteiger partial charge in [0.05, 0.1) is 5.56 Å². The molecule has 2 rings (SSSR count). The van der Waals surface area contributed by atoms with Crippen molar-refractivity contribution in [3.8, 4) is 0 Å². The molecule has 0 saturated carbocycles. The van der Waals surface area contributed by atoms with E-state index in [2.05, 4.69) is 10.6 Å². The highest BCUT2D eigenvalue weighted by Crippen LogP contribution is 2.15. The molecule has 130 valence electrons. The summed E-state index contributed by atoms with van der Waals surface area (Å²) >= 11 is 0. The molecule has 0 aliphatic rings. The van der Waals surface area contributed by atoms with Gasteiger partial charge in [-0.3, -0.25) is 9.59 Å². The van der Waals surface area contributed by atoms with Crippen LogP contribution in [0.3, 0.4) is 0 Å². The molecule has 6 heteroatoms. The van der Waals surface area contributed by atoms with Gasteiger partial charge >= 0.3 is 5.97 Å². The zero-order valence-corrected chi connectivity index (χ0v) is 14.4. The van der Waals surface area contributed by atoms with Crippen LogP contribution >= 0.6 is 0 Å². The molecule has 0 atom stereocenters. The SMILES string of the molecule is CC(=O)Nc1cccc(NC(=O)COC(=O)c2ccc(C)c(C)c2)c1. The minimum Gasteiger partial charge on any atom is -0.452 e. The number of hydrogen-bond acceptors (Lipinski definition) is 4. The Bertz CT molecular complexity index is 815. The predicted octanol–water partition coefficient (Wildman–Crippen LogP) is 3.06. The van der Waals surface area contributed by atoms with Crippen molar-refractivity contribution in [1.82, 2.24) is 0 Å². The van der Waals surface area contributed by atoms with Gasteiger partial charge in [0.15, 0.2) is 6.61 Å². The van der Waals surface area contributed by atoms with Crippen LogP contribution in [0.2, 0.25) is 0 Å². The van der Waals surface area contributed by atoms with Crippen molar-refractivity contribution in [2.24, 2.45) is 0 Å². The van der Waals surface area contributed by atoms with E-state index in [9.17, 15) is 14.4 Å². The highest BCUT2D eigenvalue weighted by Gasteiger charge is 2.11. The highest BCUT2D eigenvalue weighted by molar-refractivity contribution is 5.96. The van der Waals surface area contributed by atoms with Crippen molar-refractivity contribution in [1.29, 1.82) is 0 Å². The molecule has 25 heavy (non-hydrogen) atoms. The third kappa shape index (κ3) is 5.46. The van der Waals surface area contributed by atoms with Crippen LogP contribution in [0.5, 0.6) is 0 Å². The molecule has 0 spiro atoms. The Morgan fingerprint density at radius 1 is 0.920 bits per heavy atom. The number of hydrogen-bond donors (Lipinski definition) is 2. The summed E-state index contributed by atoms with van der Waals surface area (Å²) in [7, 11) is 0. The Kier molecular flexibility index (Phi) is 5.89. The van der Waals surface area contributed by atoms with Crippen molar-refractivity contribution < 1.29 is 19.1 Å². The zero-order valence-electron chi connectivity index (χ0n) is 14.4. The molecule has 0 bridgehead atoms. The molecule has 6 nitrogen and oxygen atoms in total. The number of rotatable bonds is 5. The van der Waals surface area contributed by atoms with Crippen LogP contribution in [0.25, 0.3) is 0 Å². The number of ether oxygens (including phenoxy) is 1. The van der Waals surface area contributed by atoms with Gasteiger partial charge in [-0.05, 0) is 55.3 Å². The van der Waals surface area contributed by atoms with Crippen molar-refractivity contribution in [3.05, 3.63) is 59.2 Å². The summed E-state index contributed by atoms with van der Waals surface area (Å²) in [5.74, 6) is -1.21. The third-order valence-corrected chi connectivity index (χ3v) is 3.54. The summed E-state index contributed by atoms with van der Waals surface area (Å²) < 4.78 is 5.03. The maximum Gasteiger partial charge on any atom is 0.338 e. The first-order valence-electron chi connectivity index (χ1n) is 7.77. The minimum absolute atomic E-state index is 0.203. The van der Waals surface area contributed by atoms with Crippen LogP contribution in [-0.4, -0.2) is 24.4 Å². The fourth-order valence-corrected chi connectivity index (χ4v) is 2.16. The van der Waals surface area contributed by atoms with Crippen molar-refractivity contribution in [2.45, 2.75) is 20.8 Å². The topological polar surface area (TPSA) is 84.5 Å². The first-order chi connectivity index (χ1) is 11.8. The van der Waals surface area contributed by atoms with Gasteiger partial charge in [-0.15, -0.1) is 0 Å². The molecule has 0 aromatic heterocycles. The molecule has 0 radical (unpaired) electrons. The molecule has 0 unspecified atom stereocenters. The Balaban J connectivity index is 1.91. The Morgan fingerprint density at radius 2 is 1.60 bits per heavy atom. The molecule has 0 heterocycles. The maximum atomic E-state index is 12.0. The maximum absolute atomic E-state index is 12.0. The largest absolute Gasteiger partial charge is 0.452 e. The van der Waals surface area contributed by atoms with E-state index in [1.807, 2.05) is 19.9 Å². The number of amides is 2. The fraction of sp³-hybridized carbons (Fsp3) is 0.211. The summed E-state index contributed by atoms with van der Waals surface area (Å²) in [4.78, 5) is 35.0. The van der Waals surface area contributed by atoms with Gasteiger partial charge in [-0.25, -0.2) is 4.79 Å². The quantitative estimate of drug-likeness (QED) is 0.819. The van der Waals surface area contributed by atoms with Crippen molar-refractivity contribution in [2.75, 3.05) is 17.2 Å². The molecule has 2 aromatic rings.